The topological polar surface area (TPSA) is 84.7 Å². The van der Waals surface area contributed by atoms with Crippen LogP contribution < -0.4 is 11.1 Å². The first-order chi connectivity index (χ1) is 12.6. The minimum Gasteiger partial charge on any atom is -0.381 e. The number of nitrogens with zero attached hydrogens (tertiary/aromatic N) is 1. The van der Waals surface area contributed by atoms with E-state index in [1.165, 1.54) is 0 Å². The molecule has 0 aromatic heterocycles. The fourth-order valence-electron chi connectivity index (χ4n) is 3.55. The number of hydrogen-bond acceptors (Lipinski definition) is 4. The van der Waals surface area contributed by atoms with E-state index in [-0.39, 0.29) is 30.1 Å². The molecule has 2 aliphatic rings. The summed E-state index contributed by atoms with van der Waals surface area (Å²) < 4.78 is 5.31. The van der Waals surface area contributed by atoms with Crippen molar-refractivity contribution >= 4 is 41.5 Å². The second kappa shape index (κ2) is 10.3. The van der Waals surface area contributed by atoms with Crippen LogP contribution in [0.25, 0.3) is 0 Å². The first-order valence-corrected chi connectivity index (χ1v) is 9.67. The number of rotatable bonds is 4. The molecule has 0 radical (unpaired) electrons. The number of piperidine rings is 1. The molecule has 0 saturated carbocycles. The zero-order valence-corrected chi connectivity index (χ0v) is 16.9. The van der Waals surface area contributed by atoms with Crippen molar-refractivity contribution in [2.75, 3.05) is 31.6 Å². The van der Waals surface area contributed by atoms with Crippen molar-refractivity contribution < 1.29 is 14.3 Å². The lowest BCUT2D eigenvalue weighted by molar-refractivity contribution is -0.119. The third-order valence-electron chi connectivity index (χ3n) is 5.19. The summed E-state index contributed by atoms with van der Waals surface area (Å²) in [7, 11) is 0. The zero-order valence-electron chi connectivity index (χ0n) is 15.3. The lowest BCUT2D eigenvalue weighted by atomic mass is 9.92. The lowest BCUT2D eigenvalue weighted by Gasteiger charge is -2.27. The van der Waals surface area contributed by atoms with Crippen molar-refractivity contribution in [3.8, 4) is 0 Å². The van der Waals surface area contributed by atoms with Crippen LogP contribution >= 0.6 is 24.0 Å². The van der Waals surface area contributed by atoms with Crippen molar-refractivity contribution in [3.63, 3.8) is 0 Å². The minimum absolute atomic E-state index is 0. The number of hydrogen-bond donors (Lipinski definition) is 2. The van der Waals surface area contributed by atoms with E-state index in [9.17, 15) is 9.59 Å². The highest BCUT2D eigenvalue weighted by Crippen LogP contribution is 2.25. The van der Waals surface area contributed by atoms with Gasteiger partial charge in [0.15, 0.2) is 0 Å². The monoisotopic (exact) mass is 415 g/mol. The molecular formula is C19H27Cl2N3O3. The molecule has 1 atom stereocenters. The summed E-state index contributed by atoms with van der Waals surface area (Å²) in [6, 6.07) is 4.42. The summed E-state index contributed by atoms with van der Waals surface area (Å²) in [5.74, 6) is -0.159. The maximum Gasteiger partial charge on any atom is 0.255 e. The summed E-state index contributed by atoms with van der Waals surface area (Å²) >= 11 is 6.31. The Morgan fingerprint density at radius 2 is 1.85 bits per heavy atom. The summed E-state index contributed by atoms with van der Waals surface area (Å²) in [6.07, 6.45) is 4.80. The molecule has 2 fully saturated rings. The van der Waals surface area contributed by atoms with Crippen LogP contribution in [-0.4, -0.2) is 49.1 Å². The number of halogens is 2. The second-order valence-electron chi connectivity index (χ2n) is 7.01. The van der Waals surface area contributed by atoms with E-state index >= 15 is 0 Å². The van der Waals surface area contributed by atoms with Crippen LogP contribution in [0.3, 0.4) is 0 Å². The van der Waals surface area contributed by atoms with Gasteiger partial charge < -0.3 is 20.7 Å². The van der Waals surface area contributed by atoms with Gasteiger partial charge in [-0.15, -0.1) is 12.4 Å². The summed E-state index contributed by atoms with van der Waals surface area (Å²) in [6.45, 7) is 2.83. The van der Waals surface area contributed by atoms with Gasteiger partial charge in [-0.3, -0.25) is 9.59 Å². The molecule has 6 nitrogen and oxygen atoms in total. The van der Waals surface area contributed by atoms with Crippen molar-refractivity contribution in [1.82, 2.24) is 4.90 Å². The fraction of sp³-hybridized carbons (Fsp3) is 0.579. The molecule has 27 heavy (non-hydrogen) atoms. The van der Waals surface area contributed by atoms with Gasteiger partial charge in [-0.05, 0) is 56.2 Å². The van der Waals surface area contributed by atoms with Crippen LogP contribution in [0.5, 0.6) is 0 Å². The van der Waals surface area contributed by atoms with Crippen LogP contribution in [0.15, 0.2) is 18.2 Å². The summed E-state index contributed by atoms with van der Waals surface area (Å²) in [5.41, 5.74) is 7.12. The lowest BCUT2D eigenvalue weighted by Crippen LogP contribution is -2.44. The Hall–Kier alpha value is -1.34. The fourth-order valence-corrected chi connectivity index (χ4v) is 3.81. The molecule has 3 N–H and O–H groups in total. The van der Waals surface area contributed by atoms with Gasteiger partial charge in [-0.1, -0.05) is 11.6 Å². The van der Waals surface area contributed by atoms with E-state index in [0.717, 1.165) is 45.2 Å². The van der Waals surface area contributed by atoms with E-state index in [4.69, 9.17) is 22.1 Å². The van der Waals surface area contributed by atoms with Gasteiger partial charge in [0.05, 0.1) is 16.6 Å². The van der Waals surface area contributed by atoms with Crippen LogP contribution in [0, 0.1) is 5.92 Å². The number of benzene rings is 1. The largest absolute Gasteiger partial charge is 0.381 e. The van der Waals surface area contributed by atoms with Crippen molar-refractivity contribution in [3.05, 3.63) is 28.8 Å². The van der Waals surface area contributed by atoms with Gasteiger partial charge in [0.25, 0.3) is 5.91 Å². The Balaban J connectivity index is 0.00000261. The molecule has 0 bridgehead atoms. The first kappa shape index (κ1) is 22.0. The van der Waals surface area contributed by atoms with Crippen LogP contribution in [0.2, 0.25) is 5.02 Å². The molecule has 8 heteroatoms. The van der Waals surface area contributed by atoms with E-state index in [2.05, 4.69) is 5.32 Å². The van der Waals surface area contributed by atoms with E-state index in [1.54, 1.807) is 18.2 Å². The predicted molar refractivity (Wildman–Crippen MR) is 109 cm³/mol. The maximum atomic E-state index is 12.6. The Morgan fingerprint density at radius 1 is 1.19 bits per heavy atom. The molecule has 1 aromatic carbocycles. The van der Waals surface area contributed by atoms with Gasteiger partial charge in [0, 0.05) is 32.0 Å². The quantitative estimate of drug-likeness (QED) is 0.790. The standard InChI is InChI=1S/C19H26ClN3O3.ClH/c20-16-12-14(22-18(24)17(21)13-6-10-26-11-7-13)4-5-15(16)19(25)23-8-2-1-3-9-23;/h4-5,12-13,17H,1-3,6-11,21H2,(H,22,24);1H. The Bertz CT molecular complexity index is 660. The van der Waals surface area contributed by atoms with Crippen molar-refractivity contribution in [2.24, 2.45) is 11.7 Å². The molecule has 3 rings (SSSR count). The highest BCUT2D eigenvalue weighted by molar-refractivity contribution is 6.34. The number of nitrogens with one attached hydrogen (secondary N) is 1. The zero-order chi connectivity index (χ0) is 18.5. The molecule has 0 spiro atoms. The first-order valence-electron chi connectivity index (χ1n) is 9.29. The van der Waals surface area contributed by atoms with Gasteiger partial charge in [-0.25, -0.2) is 0 Å². The van der Waals surface area contributed by atoms with Gasteiger partial charge in [0.1, 0.15) is 0 Å². The number of anilines is 1. The number of likely N-dealkylation sites (tertiary alicyclic amines) is 1. The van der Waals surface area contributed by atoms with Crippen LogP contribution in [0.1, 0.15) is 42.5 Å². The summed E-state index contributed by atoms with van der Waals surface area (Å²) in [5, 5.41) is 3.16. The van der Waals surface area contributed by atoms with Gasteiger partial charge >= 0.3 is 0 Å². The van der Waals surface area contributed by atoms with Crippen molar-refractivity contribution in [2.45, 2.75) is 38.1 Å². The third-order valence-corrected chi connectivity index (χ3v) is 5.50. The predicted octanol–water partition coefficient (Wildman–Crippen LogP) is 3.08. The number of amides is 2. The molecule has 2 amide bonds. The SMILES string of the molecule is Cl.NC(C(=O)Nc1ccc(C(=O)N2CCCCC2)c(Cl)c1)C1CCOCC1. The Morgan fingerprint density at radius 3 is 2.48 bits per heavy atom. The second-order valence-corrected chi connectivity index (χ2v) is 7.42. The van der Waals surface area contributed by atoms with Gasteiger partial charge in [0.2, 0.25) is 5.91 Å². The molecule has 1 unspecified atom stereocenters. The summed E-state index contributed by atoms with van der Waals surface area (Å²) in [4.78, 5) is 26.8. The molecule has 2 aliphatic heterocycles. The third kappa shape index (κ3) is 5.57. The molecular weight excluding hydrogens is 389 g/mol. The van der Waals surface area contributed by atoms with Gasteiger partial charge in [-0.2, -0.15) is 0 Å². The Labute approximate surface area is 171 Å². The highest BCUT2D eigenvalue weighted by Gasteiger charge is 2.27. The maximum absolute atomic E-state index is 12.6. The molecule has 2 heterocycles. The normalized spacial score (nSPS) is 19.1. The average Bonchev–Trinajstić information content (AvgIpc) is 2.68. The molecule has 0 aliphatic carbocycles. The van der Waals surface area contributed by atoms with Crippen molar-refractivity contribution in [1.29, 1.82) is 0 Å². The Kier molecular flexibility index (Phi) is 8.35. The number of carbonyl (C=O) groups excluding carboxylic acids is 2. The molecule has 1 aromatic rings. The average molecular weight is 416 g/mol. The number of carbonyl (C=O) groups is 2. The van der Waals surface area contributed by atoms with E-state index in [1.807, 2.05) is 4.90 Å². The number of ether oxygens (including phenoxy) is 1. The molecule has 2 saturated heterocycles. The number of nitrogens with two attached hydrogens (primary N) is 1. The molecule has 150 valence electrons. The van der Waals surface area contributed by atoms with Crippen LogP contribution in [0.4, 0.5) is 5.69 Å². The minimum atomic E-state index is -0.577. The van der Waals surface area contributed by atoms with E-state index in [0.29, 0.717) is 29.5 Å². The smallest absolute Gasteiger partial charge is 0.255 e. The van der Waals surface area contributed by atoms with E-state index < -0.39 is 6.04 Å². The highest BCUT2D eigenvalue weighted by atomic mass is 35.5. The van der Waals surface area contributed by atoms with Crippen LogP contribution in [-0.2, 0) is 9.53 Å².